The molecule has 1 N–H and O–H groups in total. The van der Waals surface area contributed by atoms with Crippen LogP contribution in [0.2, 0.25) is 0 Å². The van der Waals surface area contributed by atoms with Crippen LogP contribution in [0.4, 0.5) is 0 Å². The molecule has 0 aliphatic rings. The van der Waals surface area contributed by atoms with Crippen molar-refractivity contribution >= 4 is 124 Å². The fourth-order valence-electron chi connectivity index (χ4n) is 0.137. The topological polar surface area (TPSA) is 46.5 Å². The standard InChI is InChI=1S/C2HI5O3S/c3-1(4,5)2(6,7)10-11(8)9/h(H,8,9). The molecule has 0 aliphatic carbocycles. The van der Waals surface area contributed by atoms with Crippen molar-refractivity contribution in [2.75, 3.05) is 0 Å². The van der Waals surface area contributed by atoms with Crippen LogP contribution in [-0.2, 0) is 15.5 Å². The van der Waals surface area contributed by atoms with E-state index >= 15 is 0 Å². The van der Waals surface area contributed by atoms with Gasteiger partial charge in [0.05, 0.1) is 0 Å². The van der Waals surface area contributed by atoms with Gasteiger partial charge in [-0.2, -0.15) is 4.21 Å². The Morgan fingerprint density at radius 1 is 1.18 bits per heavy atom. The molecule has 0 aromatic heterocycles. The quantitative estimate of drug-likeness (QED) is 0.274. The molecule has 0 aromatic rings. The molecule has 0 fully saturated rings. The van der Waals surface area contributed by atoms with Crippen molar-refractivity contribution in [1.82, 2.24) is 0 Å². The molecule has 0 amide bonds. The summed E-state index contributed by atoms with van der Waals surface area (Å²) >= 11 is 8.18. The molecule has 0 aliphatic heterocycles. The number of hydrogen-bond donors (Lipinski definition) is 1. The van der Waals surface area contributed by atoms with Crippen LogP contribution in [0.25, 0.3) is 0 Å². The molecule has 0 saturated heterocycles. The second-order valence-electron chi connectivity index (χ2n) is 1.31. The van der Waals surface area contributed by atoms with Crippen LogP contribution in [0, 0.1) is 0 Å². The van der Waals surface area contributed by atoms with Crippen LogP contribution >= 0.6 is 113 Å². The minimum Gasteiger partial charge on any atom is -0.284 e. The summed E-state index contributed by atoms with van der Waals surface area (Å²) in [5.74, 6) is 0. The maximum atomic E-state index is 10.3. The monoisotopic (exact) mass is 739 g/mol. The van der Waals surface area contributed by atoms with Crippen molar-refractivity contribution < 1.29 is 12.9 Å². The molecule has 3 nitrogen and oxygen atoms in total. The normalized spacial score (nSPS) is 16.5. The summed E-state index contributed by atoms with van der Waals surface area (Å²) in [4.78, 5) is 0. The van der Waals surface area contributed by atoms with E-state index in [0.29, 0.717) is 0 Å². The molecule has 0 saturated carbocycles. The van der Waals surface area contributed by atoms with Crippen LogP contribution in [-0.4, -0.2) is 9.81 Å². The summed E-state index contributed by atoms with van der Waals surface area (Å²) in [6.45, 7) is 0. The Bertz CT molecular complexity index is 164. The molecule has 0 heterocycles. The average molecular weight is 740 g/mol. The fourth-order valence-corrected chi connectivity index (χ4v) is 2.14. The molecule has 11 heavy (non-hydrogen) atoms. The fraction of sp³-hybridized carbons (Fsp3) is 1.00. The lowest BCUT2D eigenvalue weighted by Crippen LogP contribution is -2.31. The van der Waals surface area contributed by atoms with E-state index in [4.69, 9.17) is 8.74 Å². The summed E-state index contributed by atoms with van der Waals surface area (Å²) in [7, 11) is 0. The molecule has 0 rings (SSSR count). The van der Waals surface area contributed by atoms with E-state index in [1.54, 1.807) is 0 Å². The van der Waals surface area contributed by atoms with Gasteiger partial charge in [-0.15, -0.1) is 0 Å². The number of rotatable bonds is 3. The van der Waals surface area contributed by atoms with Gasteiger partial charge >= 0.3 is 11.4 Å². The number of hydrogen-bond acceptors (Lipinski definition) is 2. The highest BCUT2D eigenvalue weighted by Crippen LogP contribution is 2.55. The van der Waals surface area contributed by atoms with Gasteiger partial charge in [-0.3, -0.25) is 4.55 Å². The molecule has 0 spiro atoms. The van der Waals surface area contributed by atoms with Gasteiger partial charge in [-0.25, -0.2) is 4.18 Å². The lowest BCUT2D eigenvalue weighted by molar-refractivity contribution is 0.299. The smallest absolute Gasteiger partial charge is 0.284 e. The van der Waals surface area contributed by atoms with E-state index in [2.05, 4.69) is 67.8 Å². The zero-order chi connectivity index (χ0) is 9.28. The minimum atomic E-state index is -2.21. The van der Waals surface area contributed by atoms with Gasteiger partial charge in [0.25, 0.3) is 0 Å². The largest absolute Gasteiger partial charge is 0.304 e. The van der Waals surface area contributed by atoms with Crippen molar-refractivity contribution in [1.29, 1.82) is 0 Å². The van der Waals surface area contributed by atoms with E-state index in [0.717, 1.165) is 0 Å². The van der Waals surface area contributed by atoms with Gasteiger partial charge in [0.15, 0.2) is -0.565 Å². The Balaban J connectivity index is 4.34. The van der Waals surface area contributed by atoms with Crippen molar-refractivity contribution in [2.45, 2.75) is 1.05 Å². The van der Waals surface area contributed by atoms with E-state index in [-0.39, 0.29) is -0.565 Å². The zero-order valence-electron chi connectivity index (χ0n) is 4.56. The Morgan fingerprint density at radius 2 is 1.55 bits per heavy atom. The zero-order valence-corrected chi connectivity index (χ0v) is 16.2. The van der Waals surface area contributed by atoms with Gasteiger partial charge < -0.3 is 0 Å². The number of halogens is 5. The highest BCUT2D eigenvalue weighted by atomic mass is 127. The van der Waals surface area contributed by atoms with Crippen molar-refractivity contribution in [3.63, 3.8) is 0 Å². The first-order valence-electron chi connectivity index (χ1n) is 1.91. The van der Waals surface area contributed by atoms with Crippen LogP contribution < -0.4 is 0 Å². The molecule has 0 radical (unpaired) electrons. The van der Waals surface area contributed by atoms with Crippen molar-refractivity contribution in [3.8, 4) is 0 Å². The van der Waals surface area contributed by atoms with Gasteiger partial charge in [-0.1, -0.05) is 67.8 Å². The average Bonchev–Trinajstić information content (AvgIpc) is 1.56. The molecule has 1 atom stereocenters. The summed E-state index contributed by atoms with van der Waals surface area (Å²) in [5.41, 5.74) is 0. The summed E-state index contributed by atoms with van der Waals surface area (Å²) in [5, 5.41) is 0. The van der Waals surface area contributed by atoms with E-state index < -0.39 is 13.0 Å². The first-order valence-corrected chi connectivity index (χ1v) is 8.34. The molecule has 68 valence electrons. The van der Waals surface area contributed by atoms with E-state index in [1.807, 2.05) is 45.2 Å². The molecular weight excluding hydrogens is 739 g/mol. The summed E-state index contributed by atoms with van der Waals surface area (Å²) in [6.07, 6.45) is 0. The minimum absolute atomic E-state index is 0.264. The lowest BCUT2D eigenvalue weighted by atomic mass is 10.9. The van der Waals surface area contributed by atoms with Gasteiger partial charge in [-0.05, 0) is 45.2 Å². The first-order chi connectivity index (χ1) is 4.67. The van der Waals surface area contributed by atoms with Crippen molar-refractivity contribution in [3.05, 3.63) is 0 Å². The van der Waals surface area contributed by atoms with E-state index in [1.165, 1.54) is 0 Å². The highest BCUT2D eigenvalue weighted by Gasteiger charge is 2.45. The Kier molecular flexibility index (Phi) is 7.64. The molecular formula is C2HI5O3S. The third-order valence-corrected chi connectivity index (χ3v) is 12.0. The van der Waals surface area contributed by atoms with Crippen LogP contribution in [0.5, 0.6) is 0 Å². The van der Waals surface area contributed by atoms with Crippen molar-refractivity contribution in [2.24, 2.45) is 0 Å². The molecule has 0 aromatic carbocycles. The Labute approximate surface area is 135 Å². The maximum Gasteiger partial charge on any atom is 0.304 e. The second kappa shape index (κ2) is 5.71. The van der Waals surface area contributed by atoms with E-state index in [9.17, 15) is 4.21 Å². The first kappa shape index (κ1) is 14.7. The predicted molar refractivity (Wildman–Crippen MR) is 87.4 cm³/mol. The predicted octanol–water partition coefficient (Wildman–Crippen LogP) is 3.62. The van der Waals surface area contributed by atoms with Gasteiger partial charge in [0, 0.05) is 0 Å². The second-order valence-corrected chi connectivity index (χ2v) is 18.1. The van der Waals surface area contributed by atoms with Crippen LogP contribution in [0.15, 0.2) is 0 Å². The molecule has 9 heteroatoms. The molecule has 0 bridgehead atoms. The van der Waals surface area contributed by atoms with Crippen LogP contribution in [0.3, 0.4) is 0 Å². The SMILES string of the molecule is O=S(O)OC(I)(I)C(I)(I)I. The third-order valence-electron chi connectivity index (χ3n) is 0.506. The Hall–Kier alpha value is 3.72. The lowest BCUT2D eigenvalue weighted by Gasteiger charge is -2.27. The Morgan fingerprint density at radius 3 is 1.64 bits per heavy atom. The molecule has 1 unspecified atom stereocenters. The van der Waals surface area contributed by atoms with Gasteiger partial charge in [0.2, 0.25) is 1.61 Å². The number of alkyl halides is 5. The summed E-state index contributed by atoms with van der Waals surface area (Å²) in [6, 6.07) is 0. The van der Waals surface area contributed by atoms with Crippen LogP contribution in [0.1, 0.15) is 0 Å². The third kappa shape index (κ3) is 6.00. The van der Waals surface area contributed by atoms with Gasteiger partial charge in [0.1, 0.15) is 0 Å². The highest BCUT2D eigenvalue weighted by molar-refractivity contribution is 14.3. The summed E-state index contributed by atoms with van der Waals surface area (Å²) < 4.78 is 22.6. The maximum absolute atomic E-state index is 10.3.